The fraction of sp³-hybridized carbons (Fsp3) is 0.294. The largest absolute Gasteiger partial charge is 0.493 e. The summed E-state index contributed by atoms with van der Waals surface area (Å²) in [7, 11) is 5.26. The van der Waals surface area contributed by atoms with E-state index >= 15 is 0 Å². The number of benzene rings is 2. The molecule has 0 saturated heterocycles. The van der Waals surface area contributed by atoms with Gasteiger partial charge in [-0.1, -0.05) is 30.3 Å². The molecule has 0 unspecified atom stereocenters. The third-order valence-corrected chi connectivity index (χ3v) is 3.52. The molecule has 0 spiro atoms. The van der Waals surface area contributed by atoms with Crippen molar-refractivity contribution in [3.05, 3.63) is 48.0 Å². The van der Waals surface area contributed by atoms with Crippen molar-refractivity contribution in [2.24, 2.45) is 0 Å². The van der Waals surface area contributed by atoms with Gasteiger partial charge >= 0.3 is 0 Å². The van der Waals surface area contributed by atoms with E-state index in [0.717, 1.165) is 18.7 Å². The van der Waals surface area contributed by atoms with E-state index in [0.29, 0.717) is 17.2 Å². The predicted molar refractivity (Wildman–Crippen MR) is 87.4 cm³/mol. The van der Waals surface area contributed by atoms with Crippen LogP contribution in [-0.2, 0) is 6.42 Å². The van der Waals surface area contributed by atoms with Gasteiger partial charge in [-0.2, -0.15) is 0 Å². The summed E-state index contributed by atoms with van der Waals surface area (Å²) >= 11 is 0. The molecule has 0 radical (unpaired) electrons. The molecular formula is C17H22N2O2. The standard InChI is InChI=1S/C17H22N2O2/c1-19(10-9-13-7-5-4-6-8-13)15-12-17(21-3)16(20-2)11-14(15)18/h4-8,11-12H,9-10,18H2,1-3H3. The van der Waals surface area contributed by atoms with Crippen molar-refractivity contribution in [2.45, 2.75) is 6.42 Å². The van der Waals surface area contributed by atoms with Gasteiger partial charge in [0.25, 0.3) is 0 Å². The lowest BCUT2D eigenvalue weighted by Gasteiger charge is -2.22. The van der Waals surface area contributed by atoms with Crippen molar-refractivity contribution < 1.29 is 9.47 Å². The average Bonchev–Trinajstić information content (AvgIpc) is 2.53. The zero-order chi connectivity index (χ0) is 15.2. The van der Waals surface area contributed by atoms with Crippen LogP contribution in [0, 0.1) is 0 Å². The molecule has 0 fully saturated rings. The Morgan fingerprint density at radius 2 is 1.62 bits per heavy atom. The van der Waals surface area contributed by atoms with Crippen LogP contribution in [0.15, 0.2) is 42.5 Å². The number of likely N-dealkylation sites (N-methyl/N-ethyl adjacent to an activating group) is 1. The Morgan fingerprint density at radius 3 is 2.24 bits per heavy atom. The van der Waals surface area contributed by atoms with E-state index < -0.39 is 0 Å². The van der Waals surface area contributed by atoms with Gasteiger partial charge in [-0.25, -0.2) is 0 Å². The van der Waals surface area contributed by atoms with E-state index in [1.54, 1.807) is 20.3 Å². The molecule has 112 valence electrons. The van der Waals surface area contributed by atoms with Gasteiger partial charge in [0.2, 0.25) is 0 Å². The summed E-state index contributed by atoms with van der Waals surface area (Å²) in [5.74, 6) is 1.34. The summed E-state index contributed by atoms with van der Waals surface area (Å²) in [4.78, 5) is 2.13. The van der Waals surface area contributed by atoms with Crippen LogP contribution in [0.25, 0.3) is 0 Å². The monoisotopic (exact) mass is 286 g/mol. The van der Waals surface area contributed by atoms with Crippen LogP contribution in [0.1, 0.15) is 5.56 Å². The van der Waals surface area contributed by atoms with Gasteiger partial charge in [-0.15, -0.1) is 0 Å². The minimum atomic E-state index is 0.648. The third-order valence-electron chi connectivity index (χ3n) is 3.52. The lowest BCUT2D eigenvalue weighted by atomic mass is 10.1. The van der Waals surface area contributed by atoms with Crippen molar-refractivity contribution in [1.29, 1.82) is 0 Å². The number of nitrogen functional groups attached to an aromatic ring is 1. The second kappa shape index (κ2) is 6.88. The number of nitrogens with two attached hydrogens (primary N) is 1. The SMILES string of the molecule is COc1cc(N)c(N(C)CCc2ccccc2)cc1OC. The molecule has 2 aromatic carbocycles. The van der Waals surface area contributed by atoms with E-state index in [2.05, 4.69) is 29.2 Å². The summed E-state index contributed by atoms with van der Waals surface area (Å²) in [5.41, 5.74) is 9.05. The maximum Gasteiger partial charge on any atom is 0.162 e. The lowest BCUT2D eigenvalue weighted by molar-refractivity contribution is 0.355. The van der Waals surface area contributed by atoms with Crippen molar-refractivity contribution in [1.82, 2.24) is 0 Å². The quantitative estimate of drug-likeness (QED) is 0.829. The molecule has 2 N–H and O–H groups in total. The maximum atomic E-state index is 6.11. The molecule has 0 aliphatic rings. The van der Waals surface area contributed by atoms with Crippen LogP contribution >= 0.6 is 0 Å². The minimum absolute atomic E-state index is 0.648. The Hall–Kier alpha value is -2.36. The molecular weight excluding hydrogens is 264 g/mol. The number of nitrogens with zero attached hydrogens (tertiary/aromatic N) is 1. The van der Waals surface area contributed by atoms with Crippen LogP contribution in [0.5, 0.6) is 11.5 Å². The smallest absolute Gasteiger partial charge is 0.162 e. The summed E-state index contributed by atoms with van der Waals surface area (Å²) in [6, 6.07) is 14.1. The highest BCUT2D eigenvalue weighted by atomic mass is 16.5. The van der Waals surface area contributed by atoms with Crippen LogP contribution < -0.4 is 20.1 Å². The molecule has 4 nitrogen and oxygen atoms in total. The van der Waals surface area contributed by atoms with Gasteiger partial charge < -0.3 is 20.1 Å². The highest BCUT2D eigenvalue weighted by molar-refractivity contribution is 5.73. The zero-order valence-corrected chi connectivity index (χ0v) is 12.8. The first-order valence-electron chi connectivity index (χ1n) is 6.92. The molecule has 0 aromatic heterocycles. The second-order valence-corrected chi connectivity index (χ2v) is 4.92. The Balaban J connectivity index is 2.13. The second-order valence-electron chi connectivity index (χ2n) is 4.92. The van der Waals surface area contributed by atoms with Gasteiger partial charge in [0, 0.05) is 25.7 Å². The number of rotatable bonds is 6. The van der Waals surface area contributed by atoms with Gasteiger partial charge in [0.05, 0.1) is 25.6 Å². The molecule has 0 amide bonds. The first-order chi connectivity index (χ1) is 10.2. The summed E-state index contributed by atoms with van der Waals surface area (Å²) in [6.07, 6.45) is 0.963. The Bertz CT molecular complexity index is 585. The van der Waals surface area contributed by atoms with Crippen molar-refractivity contribution >= 4 is 11.4 Å². The first kappa shape index (κ1) is 15.0. The van der Waals surface area contributed by atoms with Crippen LogP contribution in [0.4, 0.5) is 11.4 Å². The molecule has 0 aliphatic carbocycles. The molecule has 0 heterocycles. The van der Waals surface area contributed by atoms with Gasteiger partial charge in [0.15, 0.2) is 11.5 Å². The molecule has 4 heteroatoms. The Kier molecular flexibility index (Phi) is 4.93. The third kappa shape index (κ3) is 3.60. The van der Waals surface area contributed by atoms with E-state index in [1.165, 1.54) is 5.56 Å². The molecule has 0 bridgehead atoms. The van der Waals surface area contributed by atoms with Crippen molar-refractivity contribution in [3.8, 4) is 11.5 Å². The van der Waals surface area contributed by atoms with E-state index in [-0.39, 0.29) is 0 Å². The fourth-order valence-electron chi connectivity index (χ4n) is 2.28. The van der Waals surface area contributed by atoms with Crippen LogP contribution in [0.2, 0.25) is 0 Å². The summed E-state index contributed by atoms with van der Waals surface area (Å²) in [6.45, 7) is 0.879. The summed E-state index contributed by atoms with van der Waals surface area (Å²) < 4.78 is 10.6. The van der Waals surface area contributed by atoms with Crippen molar-refractivity contribution in [2.75, 3.05) is 38.4 Å². The summed E-state index contributed by atoms with van der Waals surface area (Å²) in [5, 5.41) is 0. The van der Waals surface area contributed by atoms with Crippen LogP contribution in [0.3, 0.4) is 0 Å². The van der Waals surface area contributed by atoms with E-state index in [9.17, 15) is 0 Å². The molecule has 2 rings (SSSR count). The molecule has 0 aliphatic heterocycles. The number of methoxy groups -OCH3 is 2. The number of ether oxygens (including phenoxy) is 2. The first-order valence-corrected chi connectivity index (χ1v) is 6.92. The fourth-order valence-corrected chi connectivity index (χ4v) is 2.28. The molecule has 0 saturated carbocycles. The topological polar surface area (TPSA) is 47.7 Å². The molecule has 21 heavy (non-hydrogen) atoms. The Morgan fingerprint density at radius 1 is 1.00 bits per heavy atom. The Labute approximate surface area is 126 Å². The minimum Gasteiger partial charge on any atom is -0.493 e. The average molecular weight is 286 g/mol. The van der Waals surface area contributed by atoms with Gasteiger partial charge in [0.1, 0.15) is 0 Å². The number of anilines is 2. The molecule has 0 atom stereocenters. The van der Waals surface area contributed by atoms with E-state index in [4.69, 9.17) is 15.2 Å². The number of hydrogen-bond donors (Lipinski definition) is 1. The highest BCUT2D eigenvalue weighted by Crippen LogP contribution is 2.36. The van der Waals surface area contributed by atoms with Gasteiger partial charge in [-0.3, -0.25) is 0 Å². The lowest BCUT2D eigenvalue weighted by Crippen LogP contribution is -2.21. The highest BCUT2D eigenvalue weighted by Gasteiger charge is 2.12. The zero-order valence-electron chi connectivity index (χ0n) is 12.8. The van der Waals surface area contributed by atoms with Crippen molar-refractivity contribution in [3.63, 3.8) is 0 Å². The predicted octanol–water partition coefficient (Wildman–Crippen LogP) is 2.96. The normalized spacial score (nSPS) is 10.2. The van der Waals surface area contributed by atoms with E-state index in [1.807, 2.05) is 19.2 Å². The van der Waals surface area contributed by atoms with Crippen LogP contribution in [-0.4, -0.2) is 27.8 Å². The maximum absolute atomic E-state index is 6.11. The number of hydrogen-bond acceptors (Lipinski definition) is 4. The molecule has 2 aromatic rings. The van der Waals surface area contributed by atoms with Gasteiger partial charge in [-0.05, 0) is 12.0 Å².